The van der Waals surface area contributed by atoms with E-state index in [1.54, 1.807) is 6.92 Å². The molecule has 3 rings (SSSR count). The number of nitrogens with zero attached hydrogens (tertiary/aromatic N) is 4. The number of rotatable bonds is 5. The minimum absolute atomic E-state index is 0.0457. The summed E-state index contributed by atoms with van der Waals surface area (Å²) in [5, 5.41) is 6.57. The lowest BCUT2D eigenvalue weighted by molar-refractivity contribution is 0.0941. The quantitative estimate of drug-likeness (QED) is 0.803. The van der Waals surface area contributed by atoms with Crippen LogP contribution in [0, 0.1) is 6.92 Å². The minimum atomic E-state index is -3.16. The van der Waals surface area contributed by atoms with E-state index in [0.29, 0.717) is 37.6 Å². The third kappa shape index (κ3) is 4.23. The van der Waals surface area contributed by atoms with Gasteiger partial charge in [0.25, 0.3) is 5.91 Å². The van der Waals surface area contributed by atoms with Gasteiger partial charge in [-0.15, -0.1) is 0 Å². The number of nitrogens with one attached hydrogen (secondary N) is 1. The molecular weight excluding hydrogens is 350 g/mol. The molecule has 0 unspecified atom stereocenters. The molecule has 10 nitrogen and oxygen atoms in total. The van der Waals surface area contributed by atoms with Crippen LogP contribution in [0.4, 0.5) is 0 Å². The van der Waals surface area contributed by atoms with Gasteiger partial charge in [-0.3, -0.25) is 4.79 Å². The topological polar surface area (TPSA) is 131 Å². The number of carbonyl (C=O) groups is 1. The van der Waals surface area contributed by atoms with Gasteiger partial charge in [0.2, 0.25) is 15.9 Å². The minimum Gasteiger partial charge on any atom is -0.448 e. The molecule has 0 radical (unpaired) electrons. The first-order valence-electron chi connectivity index (χ1n) is 7.81. The number of hydrogen-bond acceptors (Lipinski definition) is 8. The molecule has 11 heteroatoms. The molecule has 1 fully saturated rings. The van der Waals surface area contributed by atoms with Crippen molar-refractivity contribution in [1.82, 2.24) is 24.7 Å². The normalized spacial score (nSPS) is 16.9. The maximum absolute atomic E-state index is 11.9. The van der Waals surface area contributed by atoms with Crippen molar-refractivity contribution in [2.24, 2.45) is 0 Å². The van der Waals surface area contributed by atoms with Crippen molar-refractivity contribution in [2.45, 2.75) is 32.2 Å². The molecule has 0 aliphatic carbocycles. The summed E-state index contributed by atoms with van der Waals surface area (Å²) in [6, 6.07) is 0. The standard InChI is InChI=1S/C14H19N5O5S/c1-9-16-11(8-23-9)14(20)15-7-12-17-13(18-24-12)10-3-5-19(6-4-10)25(2,21)22/h8,10H,3-7H2,1-2H3,(H,15,20). The number of carbonyl (C=O) groups excluding carboxylic acids is 1. The first-order valence-corrected chi connectivity index (χ1v) is 9.65. The summed E-state index contributed by atoms with van der Waals surface area (Å²) in [5.74, 6) is 0.886. The summed E-state index contributed by atoms with van der Waals surface area (Å²) in [6.07, 6.45) is 3.76. The highest BCUT2D eigenvalue weighted by atomic mass is 32.2. The fourth-order valence-corrected chi connectivity index (χ4v) is 3.54. The van der Waals surface area contributed by atoms with E-state index in [2.05, 4.69) is 20.4 Å². The van der Waals surface area contributed by atoms with Crippen molar-refractivity contribution in [3.8, 4) is 0 Å². The van der Waals surface area contributed by atoms with Gasteiger partial charge < -0.3 is 14.3 Å². The second kappa shape index (κ2) is 6.92. The Balaban J connectivity index is 1.54. The molecule has 0 spiro atoms. The van der Waals surface area contributed by atoms with Crippen molar-refractivity contribution >= 4 is 15.9 Å². The lowest BCUT2D eigenvalue weighted by atomic mass is 9.98. The Kier molecular flexibility index (Phi) is 4.86. The average molecular weight is 369 g/mol. The monoisotopic (exact) mass is 369 g/mol. The summed E-state index contributed by atoms with van der Waals surface area (Å²) in [6.45, 7) is 2.61. The van der Waals surface area contributed by atoms with Gasteiger partial charge in [0.1, 0.15) is 6.26 Å². The van der Waals surface area contributed by atoms with Gasteiger partial charge in [-0.05, 0) is 12.8 Å². The van der Waals surface area contributed by atoms with Crippen molar-refractivity contribution in [2.75, 3.05) is 19.3 Å². The van der Waals surface area contributed by atoms with Gasteiger partial charge in [0.15, 0.2) is 17.4 Å². The predicted octanol–water partition coefficient (Wildman–Crippen LogP) is 0.435. The molecule has 1 aliphatic heterocycles. The van der Waals surface area contributed by atoms with Gasteiger partial charge in [-0.1, -0.05) is 5.16 Å². The van der Waals surface area contributed by atoms with Gasteiger partial charge >= 0.3 is 0 Å². The smallest absolute Gasteiger partial charge is 0.273 e. The molecule has 1 N–H and O–H groups in total. The maximum Gasteiger partial charge on any atom is 0.273 e. The SMILES string of the molecule is Cc1nc(C(=O)NCc2nc(C3CCN(S(C)(=O)=O)CC3)no2)co1. The lowest BCUT2D eigenvalue weighted by Gasteiger charge is -2.28. The fraction of sp³-hybridized carbons (Fsp3) is 0.571. The Labute approximate surface area is 144 Å². The molecule has 0 aromatic carbocycles. The molecule has 0 atom stereocenters. The van der Waals surface area contributed by atoms with E-state index in [9.17, 15) is 13.2 Å². The second-order valence-electron chi connectivity index (χ2n) is 5.92. The van der Waals surface area contributed by atoms with Crippen LogP contribution in [0.2, 0.25) is 0 Å². The van der Waals surface area contributed by atoms with E-state index in [-0.39, 0.29) is 24.0 Å². The number of aryl methyl sites for hydroxylation is 1. The highest BCUT2D eigenvalue weighted by molar-refractivity contribution is 7.88. The summed E-state index contributed by atoms with van der Waals surface area (Å²) >= 11 is 0. The highest BCUT2D eigenvalue weighted by Crippen LogP contribution is 2.26. The summed E-state index contributed by atoms with van der Waals surface area (Å²) in [5.41, 5.74) is 0.186. The Morgan fingerprint density at radius 1 is 1.36 bits per heavy atom. The second-order valence-corrected chi connectivity index (χ2v) is 7.90. The zero-order chi connectivity index (χ0) is 18.0. The van der Waals surface area contributed by atoms with Gasteiger partial charge in [-0.25, -0.2) is 17.7 Å². The van der Waals surface area contributed by atoms with Crippen LogP contribution in [-0.2, 0) is 16.6 Å². The van der Waals surface area contributed by atoms with E-state index in [4.69, 9.17) is 8.94 Å². The molecule has 1 saturated heterocycles. The largest absolute Gasteiger partial charge is 0.448 e. The summed E-state index contributed by atoms with van der Waals surface area (Å²) < 4.78 is 34.6. The first kappa shape index (κ1) is 17.5. The summed E-state index contributed by atoms with van der Waals surface area (Å²) in [7, 11) is -3.16. The van der Waals surface area contributed by atoms with E-state index < -0.39 is 15.9 Å². The van der Waals surface area contributed by atoms with Crippen LogP contribution in [0.1, 0.15) is 46.9 Å². The van der Waals surface area contributed by atoms with Crippen molar-refractivity contribution < 1.29 is 22.2 Å². The third-order valence-electron chi connectivity index (χ3n) is 4.02. The molecule has 25 heavy (non-hydrogen) atoms. The average Bonchev–Trinajstić information content (AvgIpc) is 3.21. The van der Waals surface area contributed by atoms with Crippen LogP contribution < -0.4 is 5.32 Å². The Morgan fingerprint density at radius 2 is 2.08 bits per heavy atom. The molecule has 2 aromatic heterocycles. The van der Waals surface area contributed by atoms with Crippen molar-refractivity contribution in [3.63, 3.8) is 0 Å². The number of hydrogen-bond donors (Lipinski definition) is 1. The Hall–Kier alpha value is -2.27. The van der Waals surface area contributed by atoms with Crippen molar-refractivity contribution in [3.05, 3.63) is 29.6 Å². The lowest BCUT2D eigenvalue weighted by Crippen LogP contribution is -2.37. The van der Waals surface area contributed by atoms with Gasteiger partial charge in [0, 0.05) is 25.9 Å². The molecule has 1 amide bonds. The van der Waals surface area contributed by atoms with Gasteiger partial charge in [0.05, 0.1) is 12.8 Å². The number of sulfonamides is 1. The van der Waals surface area contributed by atoms with E-state index in [1.165, 1.54) is 16.8 Å². The zero-order valence-electron chi connectivity index (χ0n) is 13.9. The van der Waals surface area contributed by atoms with E-state index in [1.807, 2.05) is 0 Å². The van der Waals surface area contributed by atoms with E-state index >= 15 is 0 Å². The van der Waals surface area contributed by atoms with E-state index in [0.717, 1.165) is 0 Å². The molecule has 2 aromatic rings. The van der Waals surface area contributed by atoms with Crippen LogP contribution in [0.3, 0.4) is 0 Å². The fourth-order valence-electron chi connectivity index (χ4n) is 2.67. The molecule has 3 heterocycles. The van der Waals surface area contributed by atoms with Crippen LogP contribution in [0.15, 0.2) is 15.2 Å². The van der Waals surface area contributed by atoms with Crippen molar-refractivity contribution in [1.29, 1.82) is 0 Å². The zero-order valence-corrected chi connectivity index (χ0v) is 14.7. The number of piperidine rings is 1. The Bertz CT molecular complexity index is 851. The molecule has 136 valence electrons. The first-order chi connectivity index (χ1) is 11.8. The Morgan fingerprint density at radius 3 is 2.68 bits per heavy atom. The van der Waals surface area contributed by atoms with Crippen LogP contribution in [-0.4, -0.2) is 53.1 Å². The number of amides is 1. The van der Waals surface area contributed by atoms with Crippen LogP contribution in [0.5, 0.6) is 0 Å². The van der Waals surface area contributed by atoms with Gasteiger partial charge in [-0.2, -0.15) is 4.98 Å². The number of aromatic nitrogens is 3. The summed E-state index contributed by atoms with van der Waals surface area (Å²) in [4.78, 5) is 20.1. The molecular formula is C14H19N5O5S. The number of oxazole rings is 1. The van der Waals surface area contributed by atoms with Crippen LogP contribution in [0.25, 0.3) is 0 Å². The molecule has 0 saturated carbocycles. The van der Waals surface area contributed by atoms with Crippen LogP contribution >= 0.6 is 0 Å². The third-order valence-corrected chi connectivity index (χ3v) is 5.33. The predicted molar refractivity (Wildman–Crippen MR) is 85.1 cm³/mol. The maximum atomic E-state index is 11.9. The highest BCUT2D eigenvalue weighted by Gasteiger charge is 2.28. The molecule has 0 bridgehead atoms. The molecule has 1 aliphatic rings.